The van der Waals surface area contributed by atoms with Gasteiger partial charge in [0.2, 0.25) is 5.91 Å². The van der Waals surface area contributed by atoms with Crippen LogP contribution in [0, 0.1) is 0 Å². The van der Waals surface area contributed by atoms with Crippen molar-refractivity contribution < 1.29 is 9.53 Å². The number of nitrogens with zero attached hydrogens (tertiary/aromatic N) is 1. The van der Waals surface area contributed by atoms with E-state index in [9.17, 15) is 4.79 Å². The molecule has 2 aromatic rings. The molecule has 6 heteroatoms. The average Bonchev–Trinajstić information content (AvgIpc) is 2.84. The summed E-state index contributed by atoms with van der Waals surface area (Å²) in [6.45, 7) is 1.69. The van der Waals surface area contributed by atoms with Gasteiger partial charge in [-0.1, -0.05) is 18.2 Å². The van der Waals surface area contributed by atoms with E-state index in [1.807, 2.05) is 28.8 Å². The summed E-state index contributed by atoms with van der Waals surface area (Å²) in [5.41, 5.74) is 3.34. The van der Waals surface area contributed by atoms with Crippen molar-refractivity contribution in [3.8, 4) is 5.75 Å². The van der Waals surface area contributed by atoms with Crippen LogP contribution in [0.1, 0.15) is 28.0 Å². The van der Waals surface area contributed by atoms with E-state index < -0.39 is 0 Å². The molecule has 1 aliphatic heterocycles. The molecular formula is C17H18Br2N2O2. The third-order valence-electron chi connectivity index (χ3n) is 4.15. The third kappa shape index (κ3) is 3.25. The zero-order chi connectivity index (χ0) is 16.4. The predicted octanol–water partition coefficient (Wildman–Crippen LogP) is 3.94. The fourth-order valence-electron chi connectivity index (χ4n) is 2.99. The third-order valence-corrected chi connectivity index (χ3v) is 6.29. The molecule has 0 atom stereocenters. The Labute approximate surface area is 152 Å². The Morgan fingerprint density at radius 2 is 2.13 bits per heavy atom. The summed E-state index contributed by atoms with van der Waals surface area (Å²) in [4.78, 5) is 12.8. The Hall–Kier alpha value is -1.11. The van der Waals surface area contributed by atoms with Gasteiger partial charge in [0.25, 0.3) is 0 Å². The smallest absolute Gasteiger partial charge is 0.232 e. The highest BCUT2D eigenvalue weighted by Gasteiger charge is 2.25. The number of ether oxygens (including phenoxy) is 1. The van der Waals surface area contributed by atoms with Gasteiger partial charge < -0.3 is 10.1 Å². The number of hydrogen-bond donors (Lipinski definition) is 1. The molecule has 0 unspecified atom stereocenters. The highest BCUT2D eigenvalue weighted by atomic mass is 79.9. The molecule has 0 spiro atoms. The van der Waals surface area contributed by atoms with Crippen molar-refractivity contribution >= 4 is 37.8 Å². The highest BCUT2D eigenvalue weighted by Crippen LogP contribution is 2.34. The summed E-state index contributed by atoms with van der Waals surface area (Å²) >= 11 is 7.15. The van der Waals surface area contributed by atoms with E-state index in [2.05, 4.69) is 37.2 Å². The topological polar surface area (TPSA) is 43.3 Å². The quantitative estimate of drug-likeness (QED) is 0.781. The molecule has 1 aromatic heterocycles. The maximum Gasteiger partial charge on any atom is 0.232 e. The van der Waals surface area contributed by atoms with E-state index >= 15 is 0 Å². The fourth-order valence-corrected chi connectivity index (χ4v) is 4.19. The molecule has 0 fully saturated rings. The molecule has 1 N–H and O–H groups in total. The van der Waals surface area contributed by atoms with Gasteiger partial charge in [-0.3, -0.25) is 9.36 Å². The predicted molar refractivity (Wildman–Crippen MR) is 97.2 cm³/mol. The number of halogens is 2. The van der Waals surface area contributed by atoms with Crippen LogP contribution in [-0.2, 0) is 19.4 Å². The van der Waals surface area contributed by atoms with Gasteiger partial charge in [-0.15, -0.1) is 0 Å². The number of aromatic nitrogens is 1. The Bertz CT molecular complexity index is 740. The lowest BCUT2D eigenvalue weighted by Crippen LogP contribution is -2.26. The van der Waals surface area contributed by atoms with E-state index in [1.165, 1.54) is 5.56 Å². The van der Waals surface area contributed by atoms with E-state index in [0.29, 0.717) is 12.8 Å². The molecule has 0 saturated carbocycles. The van der Waals surface area contributed by atoms with Crippen molar-refractivity contribution in [3.05, 3.63) is 50.2 Å². The SMILES string of the molecule is COc1ccccc1CCC(=O)n1c(Br)c(Br)c2c1CCNC2. The van der Waals surface area contributed by atoms with Crippen molar-refractivity contribution in [2.45, 2.75) is 25.8 Å². The Balaban J connectivity index is 1.82. The molecule has 4 nitrogen and oxygen atoms in total. The molecule has 122 valence electrons. The summed E-state index contributed by atoms with van der Waals surface area (Å²) < 4.78 is 8.97. The van der Waals surface area contributed by atoms with E-state index in [0.717, 1.165) is 45.6 Å². The van der Waals surface area contributed by atoms with Crippen molar-refractivity contribution in [1.29, 1.82) is 0 Å². The lowest BCUT2D eigenvalue weighted by molar-refractivity contribution is 0.0897. The van der Waals surface area contributed by atoms with Crippen LogP contribution in [0.25, 0.3) is 0 Å². The monoisotopic (exact) mass is 440 g/mol. The number of para-hydroxylation sites is 1. The summed E-state index contributed by atoms with van der Waals surface area (Å²) in [6, 6.07) is 7.84. The Morgan fingerprint density at radius 1 is 1.35 bits per heavy atom. The van der Waals surface area contributed by atoms with Crippen LogP contribution in [0.5, 0.6) is 5.75 Å². The molecule has 1 aliphatic rings. The standard InChI is InChI=1S/C17H18Br2N2O2/c1-23-14-5-3-2-4-11(14)6-7-15(22)21-13-8-9-20-10-12(13)16(18)17(21)19/h2-5,20H,6-10H2,1H3. The molecule has 0 radical (unpaired) electrons. The van der Waals surface area contributed by atoms with Crippen molar-refractivity contribution in [2.75, 3.05) is 13.7 Å². The summed E-state index contributed by atoms with van der Waals surface area (Å²) in [7, 11) is 1.66. The zero-order valence-electron chi connectivity index (χ0n) is 12.9. The average molecular weight is 442 g/mol. The van der Waals surface area contributed by atoms with Gasteiger partial charge in [0.05, 0.1) is 11.6 Å². The number of rotatable bonds is 4. The maximum atomic E-state index is 12.8. The van der Waals surface area contributed by atoms with Crippen molar-refractivity contribution in [3.63, 3.8) is 0 Å². The number of nitrogens with one attached hydrogen (secondary N) is 1. The number of carbonyl (C=O) groups is 1. The number of fused-ring (bicyclic) bond motifs is 1. The Kier molecular flexibility index (Phi) is 5.24. The minimum absolute atomic E-state index is 0.103. The molecule has 3 rings (SSSR count). The highest BCUT2D eigenvalue weighted by molar-refractivity contribution is 9.13. The summed E-state index contributed by atoms with van der Waals surface area (Å²) in [6.07, 6.45) is 1.97. The van der Waals surface area contributed by atoms with Crippen LogP contribution < -0.4 is 10.1 Å². The minimum atomic E-state index is 0.103. The normalized spacial score (nSPS) is 13.7. The first kappa shape index (κ1) is 16.7. The second-order valence-corrected chi connectivity index (χ2v) is 7.04. The molecule has 2 heterocycles. The van der Waals surface area contributed by atoms with Crippen LogP contribution in [0.15, 0.2) is 33.3 Å². The van der Waals surface area contributed by atoms with Gasteiger partial charge in [-0.05, 0) is 49.9 Å². The lowest BCUT2D eigenvalue weighted by atomic mass is 10.1. The van der Waals surface area contributed by atoms with Gasteiger partial charge >= 0.3 is 0 Å². The van der Waals surface area contributed by atoms with Crippen LogP contribution >= 0.6 is 31.9 Å². The molecule has 1 aromatic carbocycles. The fraction of sp³-hybridized carbons (Fsp3) is 0.353. The molecule has 23 heavy (non-hydrogen) atoms. The number of hydrogen-bond acceptors (Lipinski definition) is 3. The molecule has 0 saturated heterocycles. The van der Waals surface area contributed by atoms with Crippen molar-refractivity contribution in [1.82, 2.24) is 9.88 Å². The summed E-state index contributed by atoms with van der Waals surface area (Å²) in [5.74, 6) is 0.936. The molecule has 0 aliphatic carbocycles. The number of benzene rings is 1. The second kappa shape index (κ2) is 7.20. The first-order chi connectivity index (χ1) is 11.1. The largest absolute Gasteiger partial charge is 0.496 e. The van der Waals surface area contributed by atoms with Gasteiger partial charge in [0.1, 0.15) is 10.4 Å². The van der Waals surface area contributed by atoms with E-state index in [1.54, 1.807) is 7.11 Å². The molecular weight excluding hydrogens is 424 g/mol. The van der Waals surface area contributed by atoms with E-state index in [4.69, 9.17) is 4.74 Å². The number of methoxy groups -OCH3 is 1. The second-order valence-electron chi connectivity index (χ2n) is 5.50. The Morgan fingerprint density at radius 3 is 2.91 bits per heavy atom. The maximum absolute atomic E-state index is 12.8. The minimum Gasteiger partial charge on any atom is -0.496 e. The van der Waals surface area contributed by atoms with Crippen LogP contribution in [-0.4, -0.2) is 24.1 Å². The first-order valence-electron chi connectivity index (χ1n) is 7.56. The van der Waals surface area contributed by atoms with Gasteiger partial charge in [0.15, 0.2) is 0 Å². The zero-order valence-corrected chi connectivity index (χ0v) is 16.0. The van der Waals surface area contributed by atoms with Gasteiger partial charge in [-0.25, -0.2) is 0 Å². The van der Waals surface area contributed by atoms with Crippen LogP contribution in [0.2, 0.25) is 0 Å². The number of carbonyl (C=O) groups excluding carboxylic acids is 1. The van der Waals surface area contributed by atoms with E-state index in [-0.39, 0.29) is 5.91 Å². The van der Waals surface area contributed by atoms with Gasteiger partial charge in [-0.2, -0.15) is 0 Å². The molecule has 0 bridgehead atoms. The lowest BCUT2D eigenvalue weighted by Gasteiger charge is -2.16. The molecule has 0 amide bonds. The number of aryl methyl sites for hydroxylation is 1. The van der Waals surface area contributed by atoms with Crippen LogP contribution in [0.4, 0.5) is 0 Å². The summed E-state index contributed by atoms with van der Waals surface area (Å²) in [5, 5.41) is 3.34. The van der Waals surface area contributed by atoms with Crippen LogP contribution in [0.3, 0.4) is 0 Å². The van der Waals surface area contributed by atoms with Crippen molar-refractivity contribution in [2.24, 2.45) is 0 Å². The van der Waals surface area contributed by atoms with Gasteiger partial charge in [0, 0.05) is 37.2 Å². The first-order valence-corrected chi connectivity index (χ1v) is 9.15.